The van der Waals surface area contributed by atoms with Crippen LogP contribution in [0.4, 0.5) is 0 Å². The van der Waals surface area contributed by atoms with Gasteiger partial charge in [0.05, 0.1) is 5.92 Å². The van der Waals surface area contributed by atoms with Gasteiger partial charge in [0, 0.05) is 0 Å². The minimum absolute atomic E-state index is 0.501. The molecule has 3 rings (SSSR count). The highest BCUT2D eigenvalue weighted by Crippen LogP contribution is 2.28. The van der Waals surface area contributed by atoms with Gasteiger partial charge < -0.3 is 5.11 Å². The highest BCUT2D eigenvalue weighted by molar-refractivity contribution is 5.87. The summed E-state index contributed by atoms with van der Waals surface area (Å²) in [4.78, 5) is 11.9. The molecule has 0 radical (unpaired) electrons. The van der Waals surface area contributed by atoms with Gasteiger partial charge in [0.15, 0.2) is 0 Å². The number of carboxylic acids is 1. The van der Waals surface area contributed by atoms with Crippen molar-refractivity contribution in [3.63, 3.8) is 0 Å². The maximum atomic E-state index is 11.9. The van der Waals surface area contributed by atoms with Crippen LogP contribution in [-0.4, -0.2) is 11.1 Å². The number of rotatable bonds is 4. The zero-order valence-corrected chi connectivity index (χ0v) is 13.4. The third kappa shape index (κ3) is 3.11. The molecule has 0 heterocycles. The number of hydrogen-bond donors (Lipinski definition) is 1. The molecule has 0 amide bonds. The van der Waals surface area contributed by atoms with Gasteiger partial charge in [-0.25, -0.2) is 0 Å². The highest BCUT2D eigenvalue weighted by Gasteiger charge is 2.23. The van der Waals surface area contributed by atoms with Crippen molar-refractivity contribution >= 4 is 16.7 Å². The van der Waals surface area contributed by atoms with Crippen molar-refractivity contribution < 1.29 is 9.90 Å². The number of fused-ring (bicyclic) bond motifs is 1. The Morgan fingerprint density at radius 1 is 1.00 bits per heavy atom. The zero-order valence-electron chi connectivity index (χ0n) is 13.4. The maximum absolute atomic E-state index is 11.9. The van der Waals surface area contributed by atoms with Crippen molar-refractivity contribution in [2.75, 3.05) is 0 Å². The fourth-order valence-corrected chi connectivity index (χ4v) is 3.16. The van der Waals surface area contributed by atoms with Crippen molar-refractivity contribution in [3.05, 3.63) is 82.9 Å². The normalized spacial score (nSPS) is 12.3. The molecule has 0 bridgehead atoms. The summed E-state index contributed by atoms with van der Waals surface area (Å²) in [5, 5.41) is 12.1. The van der Waals surface area contributed by atoms with Gasteiger partial charge >= 0.3 is 5.97 Å². The first kappa shape index (κ1) is 15.3. The lowest BCUT2D eigenvalue weighted by atomic mass is 9.87. The van der Waals surface area contributed by atoms with Gasteiger partial charge in [-0.1, -0.05) is 66.2 Å². The van der Waals surface area contributed by atoms with Crippen LogP contribution in [-0.2, 0) is 11.2 Å². The molecule has 23 heavy (non-hydrogen) atoms. The number of hydrogen-bond acceptors (Lipinski definition) is 1. The van der Waals surface area contributed by atoms with E-state index in [9.17, 15) is 9.90 Å². The summed E-state index contributed by atoms with van der Waals surface area (Å²) in [5.74, 6) is -1.30. The van der Waals surface area contributed by atoms with E-state index in [0.29, 0.717) is 6.42 Å². The molecule has 2 nitrogen and oxygen atoms in total. The van der Waals surface area contributed by atoms with E-state index < -0.39 is 11.9 Å². The van der Waals surface area contributed by atoms with E-state index in [0.717, 1.165) is 33.0 Å². The van der Waals surface area contributed by atoms with Gasteiger partial charge in [-0.05, 0) is 47.7 Å². The molecule has 1 unspecified atom stereocenters. The molecule has 0 aliphatic rings. The van der Waals surface area contributed by atoms with E-state index in [2.05, 4.69) is 18.2 Å². The van der Waals surface area contributed by atoms with Gasteiger partial charge in [-0.3, -0.25) is 4.79 Å². The number of benzene rings is 3. The quantitative estimate of drug-likeness (QED) is 0.747. The van der Waals surface area contributed by atoms with Crippen LogP contribution in [0.3, 0.4) is 0 Å². The van der Waals surface area contributed by atoms with Gasteiger partial charge in [0.2, 0.25) is 0 Å². The molecule has 0 aliphatic heterocycles. The van der Waals surface area contributed by atoms with E-state index in [1.165, 1.54) is 0 Å². The molecule has 0 saturated carbocycles. The van der Waals surface area contributed by atoms with E-state index >= 15 is 0 Å². The van der Waals surface area contributed by atoms with Crippen LogP contribution in [0.25, 0.3) is 10.8 Å². The monoisotopic (exact) mass is 304 g/mol. The van der Waals surface area contributed by atoms with Gasteiger partial charge in [0.25, 0.3) is 0 Å². The number of aryl methyl sites for hydroxylation is 2. The van der Waals surface area contributed by atoms with Crippen LogP contribution in [0.2, 0.25) is 0 Å². The highest BCUT2D eigenvalue weighted by atomic mass is 16.4. The Morgan fingerprint density at radius 3 is 2.52 bits per heavy atom. The van der Waals surface area contributed by atoms with E-state index in [1.807, 2.05) is 56.3 Å². The second kappa shape index (κ2) is 6.25. The molecule has 1 N–H and O–H groups in total. The van der Waals surface area contributed by atoms with Crippen LogP contribution >= 0.6 is 0 Å². The number of aliphatic carboxylic acids is 1. The second-order valence-corrected chi connectivity index (χ2v) is 6.09. The lowest BCUT2D eigenvalue weighted by Gasteiger charge is -2.17. The number of carbonyl (C=O) groups is 1. The first-order chi connectivity index (χ1) is 11.1. The van der Waals surface area contributed by atoms with Gasteiger partial charge in [-0.15, -0.1) is 0 Å². The molecule has 3 aromatic rings. The maximum Gasteiger partial charge on any atom is 0.311 e. The molecule has 2 heteroatoms. The van der Waals surface area contributed by atoms with Crippen LogP contribution in [0.15, 0.2) is 60.7 Å². The molecule has 0 aliphatic carbocycles. The Balaban J connectivity index is 2.06. The molecular formula is C21H20O2. The van der Waals surface area contributed by atoms with E-state index in [1.54, 1.807) is 0 Å². The Kier molecular flexibility index (Phi) is 4.16. The average Bonchev–Trinajstić information content (AvgIpc) is 2.55. The topological polar surface area (TPSA) is 37.3 Å². The van der Waals surface area contributed by atoms with Crippen LogP contribution in [0.5, 0.6) is 0 Å². The Morgan fingerprint density at radius 2 is 1.74 bits per heavy atom. The van der Waals surface area contributed by atoms with Crippen molar-refractivity contribution in [1.29, 1.82) is 0 Å². The largest absolute Gasteiger partial charge is 0.481 e. The minimum Gasteiger partial charge on any atom is -0.481 e. The predicted molar refractivity (Wildman–Crippen MR) is 93.9 cm³/mol. The SMILES string of the molecule is Cc1ccc(C)c(C(Cc2cccc3ccccc23)C(=O)O)c1. The second-order valence-electron chi connectivity index (χ2n) is 6.09. The first-order valence-corrected chi connectivity index (χ1v) is 7.83. The third-order valence-corrected chi connectivity index (χ3v) is 4.41. The van der Waals surface area contributed by atoms with Crippen LogP contribution in [0, 0.1) is 13.8 Å². The van der Waals surface area contributed by atoms with Crippen LogP contribution in [0.1, 0.15) is 28.2 Å². The van der Waals surface area contributed by atoms with Crippen molar-refractivity contribution in [2.45, 2.75) is 26.2 Å². The minimum atomic E-state index is -0.772. The first-order valence-electron chi connectivity index (χ1n) is 7.83. The summed E-state index contributed by atoms with van der Waals surface area (Å²) >= 11 is 0. The fourth-order valence-electron chi connectivity index (χ4n) is 3.16. The molecule has 116 valence electrons. The average molecular weight is 304 g/mol. The van der Waals surface area contributed by atoms with Gasteiger partial charge in [0.1, 0.15) is 0 Å². The molecule has 0 fully saturated rings. The predicted octanol–water partition coefficient (Wildman–Crippen LogP) is 4.87. The zero-order chi connectivity index (χ0) is 16.4. The third-order valence-electron chi connectivity index (χ3n) is 4.41. The van der Waals surface area contributed by atoms with Crippen molar-refractivity contribution in [1.82, 2.24) is 0 Å². The summed E-state index contributed by atoms with van der Waals surface area (Å²) in [7, 11) is 0. The smallest absolute Gasteiger partial charge is 0.311 e. The summed E-state index contributed by atoms with van der Waals surface area (Å²) in [6.45, 7) is 3.98. The summed E-state index contributed by atoms with van der Waals surface area (Å²) in [6.07, 6.45) is 0.501. The van der Waals surface area contributed by atoms with Crippen molar-refractivity contribution in [3.8, 4) is 0 Å². The molecule has 0 aromatic heterocycles. The lowest BCUT2D eigenvalue weighted by molar-refractivity contribution is -0.138. The fraction of sp³-hybridized carbons (Fsp3) is 0.190. The van der Waals surface area contributed by atoms with Crippen molar-refractivity contribution in [2.24, 2.45) is 0 Å². The molecule has 1 atom stereocenters. The Bertz CT molecular complexity index is 859. The molecule has 0 saturated heterocycles. The molecular weight excluding hydrogens is 284 g/mol. The van der Waals surface area contributed by atoms with E-state index in [4.69, 9.17) is 0 Å². The lowest BCUT2D eigenvalue weighted by Crippen LogP contribution is -2.16. The summed E-state index contributed by atoms with van der Waals surface area (Å²) in [5.41, 5.74) is 4.11. The van der Waals surface area contributed by atoms with Gasteiger partial charge in [-0.2, -0.15) is 0 Å². The Labute approximate surface area is 136 Å². The standard InChI is InChI=1S/C21H20O2/c1-14-10-11-15(2)19(12-14)20(21(22)23)13-17-8-5-7-16-6-3-4-9-18(16)17/h3-12,20H,13H2,1-2H3,(H,22,23). The molecule has 0 spiro atoms. The van der Waals surface area contributed by atoms with Crippen LogP contribution < -0.4 is 0 Å². The molecule has 3 aromatic carbocycles. The summed E-state index contributed by atoms with van der Waals surface area (Å²) in [6, 6.07) is 20.2. The van der Waals surface area contributed by atoms with E-state index in [-0.39, 0.29) is 0 Å². The summed E-state index contributed by atoms with van der Waals surface area (Å²) < 4.78 is 0. The number of carboxylic acid groups (broad SMARTS) is 1. The Hall–Kier alpha value is -2.61.